The number of rotatable bonds is 3. The molecule has 0 spiro atoms. The number of hydrogen-bond donors (Lipinski definition) is 2. The quantitative estimate of drug-likeness (QED) is 0.800. The summed E-state index contributed by atoms with van der Waals surface area (Å²) < 4.78 is 37.9. The van der Waals surface area contributed by atoms with Crippen LogP contribution in [-0.4, -0.2) is 29.4 Å². The van der Waals surface area contributed by atoms with E-state index in [1.54, 1.807) is 12.1 Å². The highest BCUT2D eigenvalue weighted by Gasteiger charge is 2.34. The van der Waals surface area contributed by atoms with E-state index < -0.39 is 23.7 Å². The predicted molar refractivity (Wildman–Crippen MR) is 100.0 cm³/mol. The van der Waals surface area contributed by atoms with Gasteiger partial charge in [-0.2, -0.15) is 13.2 Å². The average Bonchev–Trinajstić information content (AvgIpc) is 3.13. The Morgan fingerprint density at radius 3 is 2.36 bits per heavy atom. The summed E-state index contributed by atoms with van der Waals surface area (Å²) in [5, 5.41) is 5.40. The number of carbonyl (C=O) groups excluding carboxylic acids is 2. The maximum atomic E-state index is 12.6. The summed E-state index contributed by atoms with van der Waals surface area (Å²) in [5.41, 5.74) is 1.04. The van der Waals surface area contributed by atoms with Crippen molar-refractivity contribution in [1.29, 1.82) is 0 Å². The Hall–Kier alpha value is -3.03. The molecule has 2 N–H and O–H groups in total. The van der Waals surface area contributed by atoms with E-state index in [2.05, 4.69) is 10.6 Å². The zero-order valence-electron chi connectivity index (χ0n) is 15.2. The van der Waals surface area contributed by atoms with E-state index in [9.17, 15) is 22.8 Å². The van der Waals surface area contributed by atoms with Gasteiger partial charge in [-0.25, -0.2) is 4.79 Å². The Balaban J connectivity index is 1.66. The van der Waals surface area contributed by atoms with Crippen molar-refractivity contribution in [3.8, 4) is 0 Å². The molecule has 2 aromatic carbocycles. The molecule has 1 unspecified atom stereocenters. The maximum absolute atomic E-state index is 12.6. The number of carbonyl (C=O) groups is 2. The summed E-state index contributed by atoms with van der Waals surface area (Å²) in [7, 11) is 0. The lowest BCUT2D eigenvalue weighted by atomic mass is 10.1. The Bertz CT molecular complexity index is 866. The number of alkyl halides is 3. The second kappa shape index (κ2) is 7.92. The number of anilines is 2. The number of hydrogen-bond acceptors (Lipinski definition) is 2. The second-order valence-corrected chi connectivity index (χ2v) is 6.66. The van der Waals surface area contributed by atoms with Gasteiger partial charge in [0.1, 0.15) is 6.04 Å². The van der Waals surface area contributed by atoms with Gasteiger partial charge in [0.2, 0.25) is 5.91 Å². The first-order valence-electron chi connectivity index (χ1n) is 8.87. The van der Waals surface area contributed by atoms with Crippen LogP contribution in [0, 0.1) is 6.92 Å². The summed E-state index contributed by atoms with van der Waals surface area (Å²) in [6, 6.07) is 10.5. The van der Waals surface area contributed by atoms with Gasteiger partial charge in [-0.3, -0.25) is 4.79 Å². The molecule has 0 saturated carbocycles. The van der Waals surface area contributed by atoms with Crippen LogP contribution in [0.5, 0.6) is 0 Å². The first-order valence-corrected chi connectivity index (χ1v) is 8.87. The fourth-order valence-electron chi connectivity index (χ4n) is 3.15. The predicted octanol–water partition coefficient (Wildman–Crippen LogP) is 4.65. The van der Waals surface area contributed by atoms with Crippen molar-refractivity contribution in [1.82, 2.24) is 4.90 Å². The van der Waals surface area contributed by atoms with E-state index in [1.807, 2.05) is 19.1 Å². The molecule has 1 aliphatic heterocycles. The number of nitrogens with zero attached hydrogens (tertiary/aromatic N) is 1. The van der Waals surface area contributed by atoms with Gasteiger partial charge in [-0.1, -0.05) is 18.2 Å². The Labute approximate surface area is 160 Å². The number of urea groups is 1. The highest BCUT2D eigenvalue weighted by atomic mass is 19.4. The molecule has 1 heterocycles. The Morgan fingerprint density at radius 2 is 1.71 bits per heavy atom. The van der Waals surface area contributed by atoms with Gasteiger partial charge in [0.15, 0.2) is 0 Å². The Morgan fingerprint density at radius 1 is 1.04 bits per heavy atom. The monoisotopic (exact) mass is 391 g/mol. The molecule has 3 rings (SSSR count). The highest BCUT2D eigenvalue weighted by Crippen LogP contribution is 2.30. The third kappa shape index (κ3) is 4.44. The van der Waals surface area contributed by atoms with Crippen molar-refractivity contribution in [2.45, 2.75) is 32.0 Å². The van der Waals surface area contributed by atoms with Crippen molar-refractivity contribution < 1.29 is 22.8 Å². The normalized spacial score (nSPS) is 16.7. The molecule has 8 heteroatoms. The topological polar surface area (TPSA) is 61.4 Å². The molecule has 1 saturated heterocycles. The van der Waals surface area contributed by atoms with Crippen LogP contribution in [0.1, 0.15) is 24.0 Å². The zero-order valence-corrected chi connectivity index (χ0v) is 15.2. The molecule has 2 aromatic rings. The summed E-state index contributed by atoms with van der Waals surface area (Å²) in [6.07, 6.45) is -3.27. The first-order chi connectivity index (χ1) is 13.3. The molecule has 1 atom stereocenters. The van der Waals surface area contributed by atoms with E-state index in [0.717, 1.165) is 17.7 Å². The zero-order chi connectivity index (χ0) is 20.3. The molecule has 5 nitrogen and oxygen atoms in total. The lowest BCUT2D eigenvalue weighted by molar-refractivity contribution is -0.137. The Kier molecular flexibility index (Phi) is 5.58. The number of benzene rings is 2. The van der Waals surface area contributed by atoms with Crippen molar-refractivity contribution in [3.63, 3.8) is 0 Å². The molecule has 0 bridgehead atoms. The van der Waals surface area contributed by atoms with E-state index >= 15 is 0 Å². The van der Waals surface area contributed by atoms with Crippen LogP contribution in [0.25, 0.3) is 0 Å². The SMILES string of the molecule is Cc1ccccc1NC(=O)N1CCCC1C(=O)Nc1ccc(C(F)(F)F)cc1. The lowest BCUT2D eigenvalue weighted by Gasteiger charge is -2.24. The minimum Gasteiger partial charge on any atom is -0.324 e. The van der Waals surface area contributed by atoms with Crippen LogP contribution in [0.3, 0.4) is 0 Å². The third-order valence-electron chi connectivity index (χ3n) is 4.68. The van der Waals surface area contributed by atoms with E-state index in [4.69, 9.17) is 0 Å². The molecule has 0 aliphatic carbocycles. The number of halogens is 3. The number of likely N-dealkylation sites (tertiary alicyclic amines) is 1. The number of aryl methyl sites for hydroxylation is 1. The van der Waals surface area contributed by atoms with Crippen molar-refractivity contribution in [2.24, 2.45) is 0 Å². The summed E-state index contributed by atoms with van der Waals surface area (Å²) >= 11 is 0. The van der Waals surface area contributed by atoms with Gasteiger partial charge in [0, 0.05) is 17.9 Å². The first kappa shape index (κ1) is 19.7. The molecule has 1 fully saturated rings. The molecule has 1 aliphatic rings. The fraction of sp³-hybridized carbons (Fsp3) is 0.300. The average molecular weight is 391 g/mol. The van der Waals surface area contributed by atoms with Crippen molar-refractivity contribution >= 4 is 23.3 Å². The van der Waals surface area contributed by atoms with Crippen LogP contribution in [0.2, 0.25) is 0 Å². The summed E-state index contributed by atoms with van der Waals surface area (Å²) in [5.74, 6) is -0.419. The van der Waals surface area contributed by atoms with Crippen LogP contribution in [0.4, 0.5) is 29.3 Å². The van der Waals surface area contributed by atoms with Crippen molar-refractivity contribution in [3.05, 3.63) is 59.7 Å². The van der Waals surface area contributed by atoms with E-state index in [-0.39, 0.29) is 11.7 Å². The van der Waals surface area contributed by atoms with Gasteiger partial charge in [-0.15, -0.1) is 0 Å². The minimum absolute atomic E-state index is 0.254. The lowest BCUT2D eigenvalue weighted by Crippen LogP contribution is -2.45. The minimum atomic E-state index is -4.43. The van der Waals surface area contributed by atoms with Gasteiger partial charge in [-0.05, 0) is 55.7 Å². The molecular formula is C20H20F3N3O2. The highest BCUT2D eigenvalue weighted by molar-refractivity contribution is 5.99. The smallest absolute Gasteiger partial charge is 0.324 e. The third-order valence-corrected chi connectivity index (χ3v) is 4.68. The van der Waals surface area contributed by atoms with Crippen LogP contribution >= 0.6 is 0 Å². The summed E-state index contributed by atoms with van der Waals surface area (Å²) in [4.78, 5) is 26.6. The number of para-hydroxylation sites is 1. The molecule has 0 radical (unpaired) electrons. The van der Waals surface area contributed by atoms with Crippen LogP contribution < -0.4 is 10.6 Å². The molecule has 28 heavy (non-hydrogen) atoms. The maximum Gasteiger partial charge on any atom is 0.416 e. The molecule has 0 aromatic heterocycles. The van der Waals surface area contributed by atoms with Gasteiger partial charge in [0.05, 0.1) is 5.56 Å². The number of nitrogens with one attached hydrogen (secondary N) is 2. The number of amides is 3. The van der Waals surface area contributed by atoms with Gasteiger partial charge >= 0.3 is 12.2 Å². The standard InChI is InChI=1S/C20H20F3N3O2/c1-13-5-2-3-6-16(13)25-19(28)26-12-4-7-17(26)18(27)24-15-10-8-14(9-11-15)20(21,22)23/h2-3,5-6,8-11,17H,4,7,12H2,1H3,(H,24,27)(H,25,28). The van der Waals surface area contributed by atoms with Crippen LogP contribution in [0.15, 0.2) is 48.5 Å². The largest absolute Gasteiger partial charge is 0.416 e. The van der Waals surface area contributed by atoms with Gasteiger partial charge < -0.3 is 15.5 Å². The van der Waals surface area contributed by atoms with Crippen molar-refractivity contribution in [2.75, 3.05) is 17.2 Å². The van der Waals surface area contributed by atoms with E-state index in [1.165, 1.54) is 17.0 Å². The molecule has 148 valence electrons. The fourth-order valence-corrected chi connectivity index (χ4v) is 3.15. The summed E-state index contributed by atoms with van der Waals surface area (Å²) in [6.45, 7) is 2.30. The van der Waals surface area contributed by atoms with Gasteiger partial charge in [0.25, 0.3) is 0 Å². The molecular weight excluding hydrogens is 371 g/mol. The molecule has 3 amide bonds. The van der Waals surface area contributed by atoms with Crippen LogP contribution in [-0.2, 0) is 11.0 Å². The van der Waals surface area contributed by atoms with E-state index in [0.29, 0.717) is 25.1 Å². The second-order valence-electron chi connectivity index (χ2n) is 6.66.